The first-order valence-electron chi connectivity index (χ1n) is 16.7. The van der Waals surface area contributed by atoms with Crippen molar-refractivity contribution >= 4 is 93.5 Å². The molecule has 0 saturated carbocycles. The van der Waals surface area contributed by atoms with Crippen LogP contribution in [0.1, 0.15) is 0 Å². The van der Waals surface area contributed by atoms with E-state index < -0.39 is 0 Å². The van der Waals surface area contributed by atoms with E-state index >= 15 is 0 Å². The molecular formula is C44H26N4O2. The van der Waals surface area contributed by atoms with E-state index in [1.807, 2.05) is 24.3 Å². The highest BCUT2D eigenvalue weighted by atomic mass is 16.3. The number of furan rings is 2. The first kappa shape index (κ1) is 27.1. The summed E-state index contributed by atoms with van der Waals surface area (Å²) in [5, 5.41) is 18.6. The number of benzene rings is 8. The molecule has 50 heavy (non-hydrogen) atoms. The fourth-order valence-electron chi connectivity index (χ4n) is 7.51. The summed E-state index contributed by atoms with van der Waals surface area (Å²) in [6, 6.07) is 54.5. The number of aromatic nitrogens is 3. The van der Waals surface area contributed by atoms with Gasteiger partial charge in [0.15, 0.2) is 0 Å². The van der Waals surface area contributed by atoms with Gasteiger partial charge in [0.2, 0.25) is 0 Å². The summed E-state index contributed by atoms with van der Waals surface area (Å²) in [5.41, 5.74) is 8.93. The van der Waals surface area contributed by atoms with Gasteiger partial charge >= 0.3 is 0 Å². The molecular weight excluding hydrogens is 617 g/mol. The fourth-order valence-corrected chi connectivity index (χ4v) is 7.51. The third-order valence-electron chi connectivity index (χ3n) is 9.83. The lowest BCUT2D eigenvalue weighted by atomic mass is 10.0. The monoisotopic (exact) mass is 642 g/mol. The standard InChI is InChI=1S/C44H26N4O2/c1-3-9-33-27(7-1)13-23-39-43(33)35-21-19-31(25-41(35)49-39)47(29-15-17-30(18-16-29)48-45-37-11-5-6-12-38(37)46-48)32-20-22-36-42(26-32)50-40-24-14-28-8-2-4-10-34(28)44(36)40/h1-26H. The largest absolute Gasteiger partial charge is 0.456 e. The predicted octanol–water partition coefficient (Wildman–Crippen LogP) is 12.0. The Balaban J connectivity index is 1.09. The van der Waals surface area contributed by atoms with Gasteiger partial charge in [0.25, 0.3) is 0 Å². The molecule has 0 N–H and O–H groups in total. The van der Waals surface area contributed by atoms with Crippen LogP contribution < -0.4 is 4.90 Å². The summed E-state index contributed by atoms with van der Waals surface area (Å²) in [6.07, 6.45) is 0. The molecule has 8 aromatic carbocycles. The van der Waals surface area contributed by atoms with Crippen LogP contribution >= 0.6 is 0 Å². The van der Waals surface area contributed by atoms with Crippen molar-refractivity contribution in [2.75, 3.05) is 4.90 Å². The summed E-state index contributed by atoms with van der Waals surface area (Å²) in [6.45, 7) is 0. The highest BCUT2D eigenvalue weighted by Crippen LogP contribution is 2.43. The summed E-state index contributed by atoms with van der Waals surface area (Å²) < 4.78 is 13.0. The van der Waals surface area contributed by atoms with Crippen LogP contribution in [0.4, 0.5) is 17.1 Å². The molecule has 3 aromatic heterocycles. The van der Waals surface area contributed by atoms with E-state index in [1.54, 1.807) is 4.80 Å². The summed E-state index contributed by atoms with van der Waals surface area (Å²) in [7, 11) is 0. The molecule has 11 aromatic rings. The Morgan fingerprint density at radius 1 is 0.400 bits per heavy atom. The third-order valence-corrected chi connectivity index (χ3v) is 9.83. The van der Waals surface area contributed by atoms with E-state index in [-0.39, 0.29) is 0 Å². The number of anilines is 3. The maximum Gasteiger partial charge on any atom is 0.137 e. The molecule has 0 amide bonds. The van der Waals surface area contributed by atoms with Gasteiger partial charge in [0, 0.05) is 50.7 Å². The summed E-state index contributed by atoms with van der Waals surface area (Å²) in [4.78, 5) is 3.93. The van der Waals surface area contributed by atoms with E-state index in [4.69, 9.17) is 19.0 Å². The van der Waals surface area contributed by atoms with Crippen molar-refractivity contribution < 1.29 is 8.83 Å². The molecule has 0 bridgehead atoms. The highest BCUT2D eigenvalue weighted by Gasteiger charge is 2.19. The van der Waals surface area contributed by atoms with Gasteiger partial charge in [-0.3, -0.25) is 0 Å². The van der Waals surface area contributed by atoms with Gasteiger partial charge in [0.1, 0.15) is 33.4 Å². The number of nitrogens with zero attached hydrogens (tertiary/aromatic N) is 4. The second-order valence-electron chi connectivity index (χ2n) is 12.7. The Hall–Kier alpha value is -6.92. The van der Waals surface area contributed by atoms with Gasteiger partial charge in [-0.25, -0.2) is 0 Å². The van der Waals surface area contributed by atoms with E-state index in [1.165, 1.54) is 21.5 Å². The minimum Gasteiger partial charge on any atom is -0.456 e. The summed E-state index contributed by atoms with van der Waals surface area (Å²) in [5.74, 6) is 0. The molecule has 3 heterocycles. The van der Waals surface area contributed by atoms with Gasteiger partial charge < -0.3 is 13.7 Å². The lowest BCUT2D eigenvalue weighted by molar-refractivity contribution is 0.669. The molecule has 0 fully saturated rings. The fraction of sp³-hybridized carbons (Fsp3) is 0. The van der Waals surface area contributed by atoms with Crippen molar-refractivity contribution in [3.05, 3.63) is 158 Å². The molecule has 0 radical (unpaired) electrons. The van der Waals surface area contributed by atoms with Crippen molar-refractivity contribution in [3.8, 4) is 5.69 Å². The quantitative estimate of drug-likeness (QED) is 0.191. The molecule has 0 aliphatic heterocycles. The lowest BCUT2D eigenvalue weighted by Gasteiger charge is -2.25. The zero-order valence-corrected chi connectivity index (χ0v) is 26.6. The maximum absolute atomic E-state index is 6.51. The zero-order chi connectivity index (χ0) is 32.8. The average molecular weight is 643 g/mol. The Bertz CT molecular complexity index is 2930. The minimum absolute atomic E-state index is 0.833. The number of hydrogen-bond acceptors (Lipinski definition) is 5. The number of fused-ring (bicyclic) bond motifs is 11. The van der Waals surface area contributed by atoms with Crippen molar-refractivity contribution in [3.63, 3.8) is 0 Å². The second kappa shape index (κ2) is 10.3. The van der Waals surface area contributed by atoms with Gasteiger partial charge in [0.05, 0.1) is 5.69 Å². The van der Waals surface area contributed by atoms with Crippen LogP contribution in [-0.4, -0.2) is 15.0 Å². The SMILES string of the molecule is c1ccc2c(c1)ccc1oc3cc(N(c4ccc(-n5nc6ccccc6n5)cc4)c4ccc5c(c4)oc4ccc6ccccc6c45)ccc3c12. The first-order chi connectivity index (χ1) is 24.7. The van der Waals surface area contributed by atoms with E-state index in [9.17, 15) is 0 Å². The first-order valence-corrected chi connectivity index (χ1v) is 16.7. The van der Waals surface area contributed by atoms with Crippen molar-refractivity contribution in [1.82, 2.24) is 15.0 Å². The number of hydrogen-bond donors (Lipinski definition) is 0. The van der Waals surface area contributed by atoms with Gasteiger partial charge in [-0.2, -0.15) is 4.80 Å². The zero-order valence-electron chi connectivity index (χ0n) is 26.6. The molecule has 6 heteroatoms. The minimum atomic E-state index is 0.833. The Labute approximate surface area is 285 Å². The molecule has 0 saturated heterocycles. The highest BCUT2D eigenvalue weighted by molar-refractivity contribution is 6.20. The molecule has 0 atom stereocenters. The van der Waals surface area contributed by atoms with Crippen LogP contribution in [0, 0.1) is 0 Å². The van der Waals surface area contributed by atoms with E-state index in [0.29, 0.717) is 0 Å². The van der Waals surface area contributed by atoms with E-state index in [2.05, 4.69) is 138 Å². The lowest BCUT2D eigenvalue weighted by Crippen LogP contribution is -2.10. The predicted molar refractivity (Wildman–Crippen MR) is 203 cm³/mol. The Morgan fingerprint density at radius 2 is 0.880 bits per heavy atom. The van der Waals surface area contributed by atoms with Crippen molar-refractivity contribution in [2.24, 2.45) is 0 Å². The molecule has 6 nitrogen and oxygen atoms in total. The van der Waals surface area contributed by atoms with Crippen molar-refractivity contribution in [2.45, 2.75) is 0 Å². The topological polar surface area (TPSA) is 60.2 Å². The van der Waals surface area contributed by atoms with E-state index in [0.717, 1.165) is 77.7 Å². The van der Waals surface area contributed by atoms with Gasteiger partial charge in [-0.05, 0) is 94.3 Å². The molecule has 0 unspecified atom stereocenters. The van der Waals surface area contributed by atoms with Gasteiger partial charge in [-0.1, -0.05) is 72.8 Å². The van der Waals surface area contributed by atoms with Crippen LogP contribution in [0.25, 0.3) is 82.1 Å². The smallest absolute Gasteiger partial charge is 0.137 e. The molecule has 11 rings (SSSR count). The molecule has 0 aliphatic carbocycles. The normalized spacial score (nSPS) is 12.0. The van der Waals surface area contributed by atoms with Crippen molar-refractivity contribution in [1.29, 1.82) is 0 Å². The van der Waals surface area contributed by atoms with Crippen LogP contribution in [-0.2, 0) is 0 Å². The maximum atomic E-state index is 6.51. The van der Waals surface area contributed by atoms with Crippen LogP contribution in [0.2, 0.25) is 0 Å². The second-order valence-corrected chi connectivity index (χ2v) is 12.7. The van der Waals surface area contributed by atoms with Crippen LogP contribution in [0.5, 0.6) is 0 Å². The Kier molecular flexibility index (Phi) is 5.57. The van der Waals surface area contributed by atoms with Crippen LogP contribution in [0.3, 0.4) is 0 Å². The Morgan fingerprint density at radius 3 is 1.42 bits per heavy atom. The average Bonchev–Trinajstić information content (AvgIpc) is 3.88. The van der Waals surface area contributed by atoms with Crippen LogP contribution in [0.15, 0.2) is 167 Å². The molecule has 0 aliphatic rings. The summed E-state index contributed by atoms with van der Waals surface area (Å²) >= 11 is 0. The molecule has 234 valence electrons. The molecule has 0 spiro atoms. The van der Waals surface area contributed by atoms with Gasteiger partial charge in [-0.15, -0.1) is 10.2 Å². The third kappa shape index (κ3) is 4.02. The number of rotatable bonds is 4.